The number of aryl methyl sites for hydroxylation is 1. The molecule has 8 nitrogen and oxygen atoms in total. The molecule has 2 heterocycles. The minimum Gasteiger partial charge on any atom is -0.340 e. The maximum Gasteiger partial charge on any atom is 0.253 e. The summed E-state index contributed by atoms with van der Waals surface area (Å²) in [5, 5.41) is 6.39. The van der Waals surface area contributed by atoms with E-state index < -0.39 is 9.84 Å². The molecule has 0 aliphatic carbocycles. The molecule has 1 aromatic heterocycles. The van der Waals surface area contributed by atoms with Gasteiger partial charge in [0.15, 0.2) is 9.84 Å². The topological polar surface area (TPSA) is 104 Å². The lowest BCUT2D eigenvalue weighted by atomic mass is 10.0. The van der Waals surface area contributed by atoms with Crippen molar-refractivity contribution < 1.29 is 13.2 Å². The van der Waals surface area contributed by atoms with Gasteiger partial charge in [-0.3, -0.25) is 4.79 Å². The lowest BCUT2D eigenvalue weighted by Gasteiger charge is -2.18. The summed E-state index contributed by atoms with van der Waals surface area (Å²) in [4.78, 5) is 23.7. The molecule has 0 spiro atoms. The number of anilines is 4. The predicted octanol–water partition coefficient (Wildman–Crippen LogP) is 5.33. The van der Waals surface area contributed by atoms with Crippen molar-refractivity contribution in [3.63, 3.8) is 0 Å². The summed E-state index contributed by atoms with van der Waals surface area (Å²) in [5.74, 6) is 1.08. The van der Waals surface area contributed by atoms with E-state index >= 15 is 0 Å². The highest BCUT2D eigenvalue weighted by Gasteiger charge is 2.24. The van der Waals surface area contributed by atoms with Gasteiger partial charge < -0.3 is 15.5 Å². The highest BCUT2D eigenvalue weighted by molar-refractivity contribution is 7.91. The first-order valence-corrected chi connectivity index (χ1v) is 13.8. The smallest absolute Gasteiger partial charge is 0.253 e. The van der Waals surface area contributed by atoms with Crippen LogP contribution < -0.4 is 10.6 Å². The molecule has 1 saturated heterocycles. The van der Waals surface area contributed by atoms with E-state index in [4.69, 9.17) is 0 Å². The average Bonchev–Trinajstić information content (AvgIpc) is 3.35. The molecule has 0 saturated carbocycles. The minimum absolute atomic E-state index is 0.0591. The zero-order valence-electron chi connectivity index (χ0n) is 21.2. The molecule has 4 rings (SSSR count). The number of carbonyl (C=O) groups excluding carboxylic acids is 1. The van der Waals surface area contributed by atoms with Crippen LogP contribution in [0.2, 0.25) is 0 Å². The number of aromatic nitrogens is 2. The zero-order chi connectivity index (χ0) is 25.9. The van der Waals surface area contributed by atoms with Crippen LogP contribution in [-0.4, -0.2) is 48.0 Å². The minimum atomic E-state index is -3.42. The van der Waals surface area contributed by atoms with Gasteiger partial charge in [0.05, 0.1) is 10.6 Å². The third kappa shape index (κ3) is 6.40. The first-order valence-electron chi connectivity index (χ1n) is 12.1. The number of hydrogen-bond donors (Lipinski definition) is 2. The second kappa shape index (κ2) is 10.3. The van der Waals surface area contributed by atoms with E-state index in [-0.39, 0.29) is 22.0 Å². The average molecular weight is 508 g/mol. The monoisotopic (exact) mass is 507 g/mol. The lowest BCUT2D eigenvalue weighted by Crippen LogP contribution is -2.27. The number of likely N-dealkylation sites (tertiary alicyclic amines) is 1. The van der Waals surface area contributed by atoms with Gasteiger partial charge in [0.1, 0.15) is 5.82 Å². The first kappa shape index (κ1) is 25.6. The summed E-state index contributed by atoms with van der Waals surface area (Å²) < 4.78 is 25.7. The van der Waals surface area contributed by atoms with Crippen LogP contribution in [0.25, 0.3) is 0 Å². The zero-order valence-corrected chi connectivity index (χ0v) is 22.0. The summed E-state index contributed by atoms with van der Waals surface area (Å²) in [6, 6.07) is 14.1. The number of amides is 1. The maximum absolute atomic E-state index is 12.8. The van der Waals surface area contributed by atoms with Crippen molar-refractivity contribution in [3.8, 4) is 0 Å². The molecule has 2 aromatic carbocycles. The Labute approximate surface area is 213 Å². The van der Waals surface area contributed by atoms with Crippen LogP contribution in [-0.2, 0) is 9.84 Å². The van der Waals surface area contributed by atoms with Gasteiger partial charge in [-0.05, 0) is 67.6 Å². The Bertz CT molecular complexity index is 1340. The van der Waals surface area contributed by atoms with E-state index in [1.807, 2.05) is 44.7 Å². The number of sulfone groups is 1. The Balaban J connectivity index is 1.48. The molecular formula is C27H33N5O3S. The van der Waals surface area contributed by atoms with E-state index in [1.165, 1.54) is 0 Å². The van der Waals surface area contributed by atoms with E-state index in [0.717, 1.165) is 37.2 Å². The van der Waals surface area contributed by atoms with Crippen molar-refractivity contribution >= 4 is 38.9 Å². The normalized spacial score (nSPS) is 14.1. The van der Waals surface area contributed by atoms with E-state index in [2.05, 4.69) is 20.6 Å². The molecule has 9 heteroatoms. The Kier molecular flexibility index (Phi) is 7.31. The van der Waals surface area contributed by atoms with Crippen molar-refractivity contribution in [1.82, 2.24) is 14.9 Å². The standard InChI is InChI=1S/C27H33N5O3S/c1-19-17-28-26(30-21-12-10-20(11-13-21)25(33)32-14-5-6-15-32)31-24(19)29-22-8-7-9-23(16-22)36(34,35)18-27(2,3)4/h7-13,16-17H,5-6,14-15,18H2,1-4H3,(H2,28,29,30,31). The van der Waals surface area contributed by atoms with Crippen LogP contribution in [0, 0.1) is 12.3 Å². The van der Waals surface area contributed by atoms with Gasteiger partial charge in [0.2, 0.25) is 5.95 Å². The molecule has 1 fully saturated rings. The summed E-state index contributed by atoms with van der Waals surface area (Å²) in [7, 11) is -3.42. The first-order chi connectivity index (χ1) is 17.0. The van der Waals surface area contributed by atoms with Crippen LogP contribution in [0.5, 0.6) is 0 Å². The summed E-state index contributed by atoms with van der Waals surface area (Å²) in [6.45, 7) is 9.23. The highest BCUT2D eigenvalue weighted by atomic mass is 32.2. The molecule has 2 N–H and O–H groups in total. The van der Waals surface area contributed by atoms with Crippen molar-refractivity contribution in [3.05, 3.63) is 65.9 Å². The predicted molar refractivity (Wildman–Crippen MR) is 143 cm³/mol. The largest absolute Gasteiger partial charge is 0.340 e. The molecule has 3 aromatic rings. The van der Waals surface area contributed by atoms with E-state index in [0.29, 0.717) is 23.0 Å². The van der Waals surface area contributed by atoms with Crippen molar-refractivity contribution in [2.24, 2.45) is 5.41 Å². The molecule has 0 unspecified atom stereocenters. The third-order valence-corrected chi connectivity index (χ3v) is 8.05. The lowest BCUT2D eigenvalue weighted by molar-refractivity contribution is 0.0793. The Morgan fingerprint density at radius 2 is 1.69 bits per heavy atom. The number of hydrogen-bond acceptors (Lipinski definition) is 7. The number of benzene rings is 2. The van der Waals surface area contributed by atoms with Crippen molar-refractivity contribution in [1.29, 1.82) is 0 Å². The van der Waals surface area contributed by atoms with Gasteiger partial charge in [-0.1, -0.05) is 26.8 Å². The molecule has 1 aliphatic rings. The molecule has 190 valence electrons. The Morgan fingerprint density at radius 1 is 1.00 bits per heavy atom. The van der Waals surface area contributed by atoms with Gasteiger partial charge in [-0.15, -0.1) is 0 Å². The van der Waals surface area contributed by atoms with Crippen molar-refractivity contribution in [2.75, 3.05) is 29.5 Å². The van der Waals surface area contributed by atoms with Gasteiger partial charge >= 0.3 is 0 Å². The van der Waals surface area contributed by atoms with Gasteiger partial charge in [-0.25, -0.2) is 13.4 Å². The Morgan fingerprint density at radius 3 is 2.36 bits per heavy atom. The van der Waals surface area contributed by atoms with Crippen molar-refractivity contribution in [2.45, 2.75) is 45.4 Å². The molecule has 1 amide bonds. The van der Waals surface area contributed by atoms with Crippen LogP contribution in [0.1, 0.15) is 49.5 Å². The van der Waals surface area contributed by atoms with Gasteiger partial charge in [0, 0.05) is 41.8 Å². The van der Waals surface area contributed by atoms with Crippen LogP contribution in [0.15, 0.2) is 59.6 Å². The van der Waals surface area contributed by atoms with E-state index in [1.54, 1.807) is 42.6 Å². The molecule has 0 atom stereocenters. The summed E-state index contributed by atoms with van der Waals surface area (Å²) in [5.41, 5.74) is 2.53. The number of nitrogens with zero attached hydrogens (tertiary/aromatic N) is 3. The van der Waals surface area contributed by atoms with Crippen LogP contribution in [0.3, 0.4) is 0 Å². The quantitative estimate of drug-likeness (QED) is 0.445. The SMILES string of the molecule is Cc1cnc(Nc2ccc(C(=O)N3CCCC3)cc2)nc1Nc1cccc(S(=O)(=O)CC(C)(C)C)c1. The Hall–Kier alpha value is -3.46. The number of rotatable bonds is 7. The third-order valence-electron chi connectivity index (χ3n) is 5.83. The molecular weight excluding hydrogens is 474 g/mol. The fourth-order valence-corrected chi connectivity index (χ4v) is 6.01. The second-order valence-corrected chi connectivity index (χ2v) is 12.4. The maximum atomic E-state index is 12.8. The molecule has 36 heavy (non-hydrogen) atoms. The van der Waals surface area contributed by atoms with Crippen LogP contribution in [0.4, 0.5) is 23.1 Å². The molecule has 0 bridgehead atoms. The van der Waals surface area contributed by atoms with Crippen LogP contribution >= 0.6 is 0 Å². The van der Waals surface area contributed by atoms with Gasteiger partial charge in [-0.2, -0.15) is 4.98 Å². The fourth-order valence-electron chi connectivity index (χ4n) is 4.11. The molecule has 1 aliphatic heterocycles. The second-order valence-electron chi connectivity index (χ2n) is 10.4. The number of carbonyl (C=O) groups is 1. The highest BCUT2D eigenvalue weighted by Crippen LogP contribution is 2.26. The summed E-state index contributed by atoms with van der Waals surface area (Å²) >= 11 is 0. The van der Waals surface area contributed by atoms with Gasteiger partial charge in [0.25, 0.3) is 5.91 Å². The summed E-state index contributed by atoms with van der Waals surface area (Å²) in [6.07, 6.45) is 3.82. The number of nitrogens with one attached hydrogen (secondary N) is 2. The van der Waals surface area contributed by atoms with E-state index in [9.17, 15) is 13.2 Å². The molecule has 0 radical (unpaired) electrons. The fraction of sp³-hybridized carbons (Fsp3) is 0.370.